The second kappa shape index (κ2) is 5.28. The molecule has 23 heavy (non-hydrogen) atoms. The molecule has 0 radical (unpaired) electrons. The van der Waals surface area contributed by atoms with Gasteiger partial charge in [-0.3, -0.25) is 4.79 Å². The van der Waals surface area contributed by atoms with Crippen molar-refractivity contribution in [2.75, 3.05) is 11.9 Å². The van der Waals surface area contributed by atoms with Crippen LogP contribution >= 0.6 is 0 Å². The number of fused-ring (bicyclic) bond motifs is 3. The minimum absolute atomic E-state index is 0.248. The summed E-state index contributed by atoms with van der Waals surface area (Å²) >= 11 is 0. The van der Waals surface area contributed by atoms with Crippen molar-refractivity contribution in [2.24, 2.45) is 0 Å². The molecular weight excluding hydrogens is 290 g/mol. The number of para-hydroxylation sites is 2. The molecule has 2 heterocycles. The fourth-order valence-electron chi connectivity index (χ4n) is 2.72. The largest absolute Gasteiger partial charge is 0.449 e. The first kappa shape index (κ1) is 13.6. The first-order valence-corrected chi connectivity index (χ1v) is 7.39. The Morgan fingerprint density at radius 1 is 1.09 bits per heavy atom. The van der Waals surface area contributed by atoms with E-state index in [0.717, 1.165) is 11.1 Å². The van der Waals surface area contributed by atoms with Crippen LogP contribution in [0.2, 0.25) is 0 Å². The van der Waals surface area contributed by atoms with Crippen molar-refractivity contribution in [3.8, 4) is 0 Å². The zero-order valence-corrected chi connectivity index (χ0v) is 12.6. The van der Waals surface area contributed by atoms with Gasteiger partial charge in [0, 0.05) is 18.1 Å². The van der Waals surface area contributed by atoms with E-state index in [1.807, 2.05) is 66.5 Å². The van der Waals surface area contributed by atoms with Gasteiger partial charge >= 0.3 is 0 Å². The zero-order chi connectivity index (χ0) is 15.8. The average Bonchev–Trinajstić information content (AvgIpc) is 2.95. The molecule has 1 N–H and O–H groups in total. The Labute approximate surface area is 132 Å². The number of aromatic nitrogens is 2. The molecule has 0 fully saturated rings. The molecule has 2 aromatic heterocycles. The lowest BCUT2D eigenvalue weighted by Gasteiger charge is -2.18. The Hall–Kier alpha value is -3.08. The highest BCUT2D eigenvalue weighted by atomic mass is 16.3. The number of anilines is 1. The molecule has 0 unspecified atom stereocenters. The Kier molecular flexibility index (Phi) is 3.12. The maximum absolute atomic E-state index is 12.3. The number of nitrogens with zero attached hydrogens (tertiary/aromatic N) is 2. The van der Waals surface area contributed by atoms with Gasteiger partial charge in [-0.25, -0.2) is 4.98 Å². The van der Waals surface area contributed by atoms with E-state index >= 15 is 0 Å². The Balaban J connectivity index is 1.79. The molecule has 0 aliphatic carbocycles. The van der Waals surface area contributed by atoms with Crippen LogP contribution in [0.5, 0.6) is 0 Å². The molecule has 0 saturated heterocycles. The van der Waals surface area contributed by atoms with E-state index in [9.17, 15) is 4.79 Å². The van der Waals surface area contributed by atoms with E-state index in [-0.39, 0.29) is 11.1 Å². The Morgan fingerprint density at radius 3 is 2.65 bits per heavy atom. The van der Waals surface area contributed by atoms with Gasteiger partial charge in [0.25, 0.3) is 5.56 Å². The first-order valence-electron chi connectivity index (χ1n) is 7.39. The molecule has 0 aliphatic heterocycles. The third-order valence-corrected chi connectivity index (χ3v) is 3.86. The number of benzene rings is 2. The van der Waals surface area contributed by atoms with Crippen molar-refractivity contribution in [3.05, 3.63) is 70.8 Å². The summed E-state index contributed by atoms with van der Waals surface area (Å²) in [5.41, 5.74) is 2.38. The molecule has 0 atom stereocenters. The molecule has 0 spiro atoms. The number of furan rings is 1. The monoisotopic (exact) mass is 305 g/mol. The smallest absolute Gasteiger partial charge is 0.294 e. The van der Waals surface area contributed by atoms with Gasteiger partial charge in [0.05, 0.1) is 6.54 Å². The van der Waals surface area contributed by atoms with Gasteiger partial charge in [-0.15, -0.1) is 0 Å². The predicted octanol–water partition coefficient (Wildman–Crippen LogP) is 3.31. The standard InChI is InChI=1S/C18H15N3O2/c1-21(12-7-3-2-4-8-12)11-15-19-16-13-9-5-6-10-14(13)23-17(16)18(22)20-15/h2-10H,11H2,1H3,(H,19,20,22). The summed E-state index contributed by atoms with van der Waals surface area (Å²) in [4.78, 5) is 21.7. The van der Waals surface area contributed by atoms with Crippen molar-refractivity contribution in [1.82, 2.24) is 9.97 Å². The molecule has 0 saturated carbocycles. The Morgan fingerprint density at radius 2 is 1.83 bits per heavy atom. The lowest BCUT2D eigenvalue weighted by Crippen LogP contribution is -2.21. The van der Waals surface area contributed by atoms with E-state index < -0.39 is 0 Å². The van der Waals surface area contributed by atoms with Crippen LogP contribution in [0.3, 0.4) is 0 Å². The van der Waals surface area contributed by atoms with E-state index in [4.69, 9.17) is 4.42 Å². The number of aromatic amines is 1. The summed E-state index contributed by atoms with van der Waals surface area (Å²) in [6.07, 6.45) is 0. The summed E-state index contributed by atoms with van der Waals surface area (Å²) in [6.45, 7) is 0.509. The minimum Gasteiger partial charge on any atom is -0.449 e. The van der Waals surface area contributed by atoms with Gasteiger partial charge < -0.3 is 14.3 Å². The van der Waals surface area contributed by atoms with Gasteiger partial charge in [-0.2, -0.15) is 0 Å². The Bertz CT molecular complexity index is 1030. The molecule has 5 heteroatoms. The summed E-state index contributed by atoms with van der Waals surface area (Å²) in [6, 6.07) is 17.5. The van der Waals surface area contributed by atoms with E-state index in [1.54, 1.807) is 0 Å². The van der Waals surface area contributed by atoms with E-state index in [1.165, 1.54) is 0 Å². The number of H-pyrrole nitrogens is 1. The molecule has 5 nitrogen and oxygen atoms in total. The van der Waals surface area contributed by atoms with Crippen LogP contribution < -0.4 is 10.5 Å². The first-order chi connectivity index (χ1) is 11.2. The van der Waals surface area contributed by atoms with Gasteiger partial charge in [-0.05, 0) is 24.3 Å². The lowest BCUT2D eigenvalue weighted by molar-refractivity contribution is 0.658. The maximum atomic E-state index is 12.3. The van der Waals surface area contributed by atoms with Crippen LogP contribution in [0.15, 0.2) is 63.8 Å². The molecule has 114 valence electrons. The number of hydrogen-bond donors (Lipinski definition) is 1. The van der Waals surface area contributed by atoms with Crippen LogP contribution in [-0.4, -0.2) is 17.0 Å². The zero-order valence-electron chi connectivity index (χ0n) is 12.6. The van der Waals surface area contributed by atoms with Crippen molar-refractivity contribution >= 4 is 27.8 Å². The third kappa shape index (κ3) is 2.36. The highest BCUT2D eigenvalue weighted by molar-refractivity contribution is 6.01. The highest BCUT2D eigenvalue weighted by Gasteiger charge is 2.13. The summed E-state index contributed by atoms with van der Waals surface area (Å²) in [5.74, 6) is 0.611. The predicted molar refractivity (Wildman–Crippen MR) is 90.7 cm³/mol. The normalized spacial score (nSPS) is 11.2. The van der Waals surface area contributed by atoms with Crippen LogP contribution in [0.1, 0.15) is 5.82 Å². The van der Waals surface area contributed by atoms with Crippen LogP contribution in [0.4, 0.5) is 5.69 Å². The highest BCUT2D eigenvalue weighted by Crippen LogP contribution is 2.24. The second-order valence-corrected chi connectivity index (χ2v) is 5.48. The summed E-state index contributed by atoms with van der Waals surface area (Å²) in [5, 5.41) is 0.859. The van der Waals surface area contributed by atoms with Gasteiger partial charge in [-0.1, -0.05) is 30.3 Å². The van der Waals surface area contributed by atoms with Crippen molar-refractivity contribution in [1.29, 1.82) is 0 Å². The number of hydrogen-bond acceptors (Lipinski definition) is 4. The fourth-order valence-corrected chi connectivity index (χ4v) is 2.72. The average molecular weight is 305 g/mol. The second-order valence-electron chi connectivity index (χ2n) is 5.48. The van der Waals surface area contributed by atoms with Gasteiger partial charge in [0.15, 0.2) is 0 Å². The van der Waals surface area contributed by atoms with Crippen molar-refractivity contribution in [3.63, 3.8) is 0 Å². The molecule has 0 bridgehead atoms. The van der Waals surface area contributed by atoms with Crippen LogP contribution in [0, 0.1) is 0 Å². The lowest BCUT2D eigenvalue weighted by atomic mass is 10.2. The van der Waals surface area contributed by atoms with Gasteiger partial charge in [0.2, 0.25) is 5.58 Å². The molecule has 4 aromatic rings. The quantitative estimate of drug-likeness (QED) is 0.631. The molecule has 2 aromatic carbocycles. The van der Waals surface area contributed by atoms with Crippen molar-refractivity contribution < 1.29 is 4.42 Å². The fraction of sp³-hybridized carbons (Fsp3) is 0.111. The topological polar surface area (TPSA) is 62.1 Å². The van der Waals surface area contributed by atoms with E-state index in [0.29, 0.717) is 23.5 Å². The SMILES string of the molecule is CN(Cc1nc2c(oc3ccccc32)c(=O)[nH]1)c1ccccc1. The maximum Gasteiger partial charge on any atom is 0.294 e. The van der Waals surface area contributed by atoms with Crippen molar-refractivity contribution in [2.45, 2.75) is 6.54 Å². The molecular formula is C18H15N3O2. The number of nitrogens with one attached hydrogen (secondary N) is 1. The molecule has 0 amide bonds. The molecule has 4 rings (SSSR count). The van der Waals surface area contributed by atoms with Crippen LogP contribution in [0.25, 0.3) is 22.1 Å². The number of rotatable bonds is 3. The van der Waals surface area contributed by atoms with E-state index in [2.05, 4.69) is 9.97 Å². The van der Waals surface area contributed by atoms with Gasteiger partial charge in [0.1, 0.15) is 16.9 Å². The summed E-state index contributed by atoms with van der Waals surface area (Å²) < 4.78 is 5.61. The summed E-state index contributed by atoms with van der Waals surface area (Å²) in [7, 11) is 1.97. The molecule has 0 aliphatic rings. The minimum atomic E-state index is -0.248. The third-order valence-electron chi connectivity index (χ3n) is 3.86. The van der Waals surface area contributed by atoms with Crippen LogP contribution in [-0.2, 0) is 6.54 Å².